The van der Waals surface area contributed by atoms with Crippen LogP contribution in [-0.4, -0.2) is 14.5 Å². The molecular formula is C18H14ClN3O3. The van der Waals surface area contributed by atoms with Crippen molar-refractivity contribution in [2.45, 2.75) is 6.92 Å². The van der Waals surface area contributed by atoms with Crippen molar-refractivity contribution >= 4 is 29.9 Å². The number of hydrogen-bond acceptors (Lipinski definition) is 3. The van der Waals surface area contributed by atoms with Crippen LogP contribution in [0.25, 0.3) is 18.3 Å². The third kappa shape index (κ3) is 3.25. The summed E-state index contributed by atoms with van der Waals surface area (Å²) in [7, 11) is 0. The lowest BCUT2D eigenvalue weighted by Crippen LogP contribution is -2.30. The van der Waals surface area contributed by atoms with Gasteiger partial charge in [-0.2, -0.15) is 0 Å². The Morgan fingerprint density at radius 1 is 1.24 bits per heavy atom. The Morgan fingerprint density at radius 2 is 1.92 bits per heavy atom. The molecule has 25 heavy (non-hydrogen) atoms. The van der Waals surface area contributed by atoms with Crippen LogP contribution in [-0.2, 0) is 0 Å². The molecule has 0 amide bonds. The Morgan fingerprint density at radius 3 is 2.56 bits per heavy atom. The highest BCUT2D eigenvalue weighted by Gasteiger charge is 2.09. The molecule has 0 aliphatic rings. The van der Waals surface area contributed by atoms with E-state index < -0.39 is 4.92 Å². The lowest BCUT2D eigenvalue weighted by atomic mass is 10.2. The molecule has 0 aliphatic heterocycles. The maximum Gasteiger partial charge on any atom is 0.280 e. The second-order valence-corrected chi connectivity index (χ2v) is 5.99. The van der Waals surface area contributed by atoms with Crippen molar-refractivity contribution in [1.29, 1.82) is 0 Å². The van der Waals surface area contributed by atoms with Gasteiger partial charge >= 0.3 is 0 Å². The van der Waals surface area contributed by atoms with Gasteiger partial charge in [-0.1, -0.05) is 24.2 Å². The Labute approximate surface area is 147 Å². The SMILES string of the molecule is C=c1[nH]/c(=C\c2ccc([N+](=O)[O-])cc2)c(=O)n1-c1cc(Cl)ccc1C. The number of hydrogen-bond donors (Lipinski definition) is 1. The number of nitro groups is 1. The van der Waals surface area contributed by atoms with Gasteiger partial charge < -0.3 is 4.98 Å². The average Bonchev–Trinajstić information content (AvgIpc) is 2.84. The van der Waals surface area contributed by atoms with E-state index >= 15 is 0 Å². The minimum absolute atomic E-state index is 0.00607. The first-order valence-corrected chi connectivity index (χ1v) is 7.77. The summed E-state index contributed by atoms with van der Waals surface area (Å²) >= 11 is 6.04. The molecule has 2 aromatic carbocycles. The number of imidazole rings is 1. The number of H-pyrrole nitrogens is 1. The molecule has 0 spiro atoms. The maximum absolute atomic E-state index is 12.7. The van der Waals surface area contributed by atoms with Gasteiger partial charge in [0, 0.05) is 17.2 Å². The van der Waals surface area contributed by atoms with Crippen LogP contribution in [0.5, 0.6) is 0 Å². The van der Waals surface area contributed by atoms with Gasteiger partial charge in [-0.15, -0.1) is 0 Å². The fourth-order valence-electron chi connectivity index (χ4n) is 2.54. The third-order valence-corrected chi connectivity index (χ3v) is 4.04. The van der Waals surface area contributed by atoms with Gasteiger partial charge in [0.05, 0.1) is 10.6 Å². The van der Waals surface area contributed by atoms with Crippen molar-refractivity contribution in [3.8, 4) is 5.69 Å². The fraction of sp³-hybridized carbons (Fsp3) is 0.0556. The number of aromatic amines is 1. The van der Waals surface area contributed by atoms with Gasteiger partial charge in [-0.05, 0) is 48.4 Å². The summed E-state index contributed by atoms with van der Waals surface area (Å²) in [4.78, 5) is 25.9. The second kappa shape index (κ2) is 6.41. The molecule has 0 saturated heterocycles. The van der Waals surface area contributed by atoms with E-state index in [4.69, 9.17) is 11.6 Å². The number of non-ortho nitro benzene ring substituents is 1. The molecule has 7 heteroatoms. The zero-order valence-corrected chi connectivity index (χ0v) is 14.1. The Bertz CT molecular complexity index is 1130. The van der Waals surface area contributed by atoms with E-state index in [1.54, 1.807) is 30.3 Å². The number of halogens is 1. The number of rotatable bonds is 3. The number of nitrogens with zero attached hydrogens (tertiary/aromatic N) is 2. The molecule has 3 rings (SSSR count). The molecule has 0 bridgehead atoms. The smallest absolute Gasteiger partial charge is 0.280 e. The lowest BCUT2D eigenvalue weighted by molar-refractivity contribution is -0.384. The van der Waals surface area contributed by atoms with E-state index in [9.17, 15) is 14.9 Å². The molecule has 0 atom stereocenters. The van der Waals surface area contributed by atoms with Crippen molar-refractivity contribution in [2.75, 3.05) is 0 Å². The van der Waals surface area contributed by atoms with E-state index in [1.807, 2.05) is 13.0 Å². The highest BCUT2D eigenvalue weighted by Crippen LogP contribution is 2.17. The van der Waals surface area contributed by atoms with Gasteiger partial charge in [0.1, 0.15) is 10.8 Å². The van der Waals surface area contributed by atoms with Gasteiger partial charge in [-0.3, -0.25) is 19.5 Å². The number of nitrogens with one attached hydrogen (secondary N) is 1. The summed E-state index contributed by atoms with van der Waals surface area (Å²) < 4.78 is 1.46. The molecule has 1 heterocycles. The largest absolute Gasteiger partial charge is 0.337 e. The summed E-state index contributed by atoms with van der Waals surface area (Å²) in [5.41, 5.74) is 2.35. The van der Waals surface area contributed by atoms with Crippen LogP contribution >= 0.6 is 11.6 Å². The molecule has 126 valence electrons. The van der Waals surface area contributed by atoms with E-state index in [2.05, 4.69) is 11.6 Å². The van der Waals surface area contributed by atoms with Crippen molar-refractivity contribution in [2.24, 2.45) is 0 Å². The molecule has 1 N–H and O–H groups in total. The van der Waals surface area contributed by atoms with E-state index in [1.165, 1.54) is 16.7 Å². The van der Waals surface area contributed by atoms with E-state index in [0.29, 0.717) is 27.1 Å². The van der Waals surface area contributed by atoms with Gasteiger partial charge in [0.15, 0.2) is 0 Å². The minimum Gasteiger partial charge on any atom is -0.337 e. The Balaban J connectivity index is 2.14. The summed E-state index contributed by atoms with van der Waals surface area (Å²) in [6.45, 7) is 5.76. The predicted octanol–water partition coefficient (Wildman–Crippen LogP) is 2.27. The van der Waals surface area contributed by atoms with Crippen LogP contribution in [0.2, 0.25) is 5.02 Å². The van der Waals surface area contributed by atoms with Gasteiger partial charge in [0.25, 0.3) is 11.2 Å². The van der Waals surface area contributed by atoms with Crippen LogP contribution in [0.4, 0.5) is 5.69 Å². The third-order valence-electron chi connectivity index (χ3n) is 3.81. The molecule has 1 aromatic heterocycles. The average molecular weight is 356 g/mol. The zero-order chi connectivity index (χ0) is 18.1. The molecule has 0 radical (unpaired) electrons. The highest BCUT2D eigenvalue weighted by atomic mass is 35.5. The molecular weight excluding hydrogens is 342 g/mol. The quantitative estimate of drug-likeness (QED) is 0.578. The minimum atomic E-state index is -0.471. The van der Waals surface area contributed by atoms with Crippen molar-refractivity contribution in [3.63, 3.8) is 0 Å². The molecule has 0 unspecified atom stereocenters. The van der Waals surface area contributed by atoms with Crippen molar-refractivity contribution in [1.82, 2.24) is 9.55 Å². The van der Waals surface area contributed by atoms with Crippen molar-refractivity contribution in [3.05, 3.63) is 89.9 Å². The molecule has 0 aliphatic carbocycles. The van der Waals surface area contributed by atoms with E-state index in [-0.39, 0.29) is 11.2 Å². The molecule has 3 aromatic rings. The zero-order valence-electron chi connectivity index (χ0n) is 13.3. The normalized spacial score (nSPS) is 11.7. The number of benzene rings is 2. The highest BCUT2D eigenvalue weighted by molar-refractivity contribution is 6.30. The summed E-state index contributed by atoms with van der Waals surface area (Å²) in [5.74, 6) is 0. The van der Waals surface area contributed by atoms with Crippen LogP contribution < -0.4 is 16.4 Å². The van der Waals surface area contributed by atoms with Crippen LogP contribution in [0.1, 0.15) is 11.1 Å². The summed E-state index contributed by atoms with van der Waals surface area (Å²) in [6.07, 6.45) is 1.62. The second-order valence-electron chi connectivity index (χ2n) is 5.55. The molecule has 6 nitrogen and oxygen atoms in total. The summed E-state index contributed by atoms with van der Waals surface area (Å²) in [6, 6.07) is 11.2. The number of aryl methyl sites for hydroxylation is 1. The standard InChI is InChI=1S/C18H14ClN3O3/c1-11-3-6-14(19)10-17(11)21-12(2)20-16(18(21)23)9-13-4-7-15(8-5-13)22(24)25/h3-10,20H,2H2,1H3/b16-9-. The Kier molecular flexibility index (Phi) is 4.29. The first-order valence-electron chi connectivity index (χ1n) is 7.39. The first kappa shape index (κ1) is 16.7. The maximum atomic E-state index is 12.7. The van der Waals surface area contributed by atoms with E-state index in [0.717, 1.165) is 5.56 Å². The first-order chi connectivity index (χ1) is 11.9. The number of nitro benzene ring substituents is 1. The molecule has 0 saturated carbocycles. The van der Waals surface area contributed by atoms with Crippen LogP contribution in [0.3, 0.4) is 0 Å². The monoisotopic (exact) mass is 355 g/mol. The lowest BCUT2D eigenvalue weighted by Gasteiger charge is -2.06. The topological polar surface area (TPSA) is 80.9 Å². The van der Waals surface area contributed by atoms with Crippen LogP contribution in [0.15, 0.2) is 47.3 Å². The van der Waals surface area contributed by atoms with Gasteiger partial charge in [-0.25, -0.2) is 0 Å². The van der Waals surface area contributed by atoms with Gasteiger partial charge in [0.2, 0.25) is 0 Å². The fourth-order valence-corrected chi connectivity index (χ4v) is 2.71. The van der Waals surface area contributed by atoms with Crippen LogP contribution in [0, 0.1) is 17.0 Å². The molecule has 0 fully saturated rings. The summed E-state index contributed by atoms with van der Waals surface area (Å²) in [5, 5.41) is 11.6. The predicted molar refractivity (Wildman–Crippen MR) is 97.6 cm³/mol. The Hall–Kier alpha value is -3.12. The number of aromatic nitrogens is 2. The van der Waals surface area contributed by atoms with Crippen molar-refractivity contribution < 1.29 is 4.92 Å².